The first-order valence-electron chi connectivity index (χ1n) is 6.54. The van der Waals surface area contributed by atoms with E-state index in [9.17, 15) is 9.90 Å². The molecule has 0 saturated carbocycles. The van der Waals surface area contributed by atoms with Gasteiger partial charge in [-0.3, -0.25) is 14.2 Å². The fourth-order valence-electron chi connectivity index (χ4n) is 2.08. The average Bonchev–Trinajstić information content (AvgIpc) is 2.97. The van der Waals surface area contributed by atoms with Gasteiger partial charge in [0.05, 0.1) is 12.3 Å². The standard InChI is InChI=1S/C15H14N4O2/c20-13(11-4-6-16-7-5-11)10-18-15(21)12-9-17-14-3-1-2-8-19(12)14/h1-9,13,20H,10H2,(H,18,21). The van der Waals surface area contributed by atoms with E-state index in [-0.39, 0.29) is 12.5 Å². The Labute approximate surface area is 121 Å². The number of pyridine rings is 2. The third-order valence-corrected chi connectivity index (χ3v) is 3.20. The van der Waals surface area contributed by atoms with Gasteiger partial charge in [0.1, 0.15) is 11.3 Å². The average molecular weight is 282 g/mol. The lowest BCUT2D eigenvalue weighted by molar-refractivity contribution is 0.0910. The molecular formula is C15H14N4O2. The SMILES string of the molecule is O=C(NCC(O)c1ccncc1)c1cnc2ccccn12. The van der Waals surface area contributed by atoms with Gasteiger partial charge < -0.3 is 10.4 Å². The summed E-state index contributed by atoms with van der Waals surface area (Å²) in [6, 6.07) is 8.94. The van der Waals surface area contributed by atoms with Crippen LogP contribution in [0, 0.1) is 0 Å². The van der Waals surface area contributed by atoms with Crippen molar-refractivity contribution in [3.05, 3.63) is 66.4 Å². The maximum atomic E-state index is 12.2. The predicted octanol–water partition coefficient (Wildman–Crippen LogP) is 1.19. The Morgan fingerprint density at radius 3 is 2.90 bits per heavy atom. The Hall–Kier alpha value is -2.73. The molecule has 3 aromatic heterocycles. The minimum atomic E-state index is -0.767. The molecule has 0 aromatic carbocycles. The lowest BCUT2D eigenvalue weighted by Crippen LogP contribution is -2.29. The molecule has 0 saturated heterocycles. The van der Waals surface area contributed by atoms with Crippen molar-refractivity contribution in [3.63, 3.8) is 0 Å². The normalized spacial score (nSPS) is 12.2. The summed E-state index contributed by atoms with van der Waals surface area (Å²) in [6.45, 7) is 0.128. The summed E-state index contributed by atoms with van der Waals surface area (Å²) in [5.74, 6) is -0.276. The van der Waals surface area contributed by atoms with Crippen LogP contribution in [0.25, 0.3) is 5.65 Å². The number of carbonyl (C=O) groups is 1. The van der Waals surface area contributed by atoms with E-state index in [2.05, 4.69) is 15.3 Å². The van der Waals surface area contributed by atoms with Crippen LogP contribution in [-0.4, -0.2) is 31.9 Å². The molecule has 0 spiro atoms. The van der Waals surface area contributed by atoms with E-state index in [1.807, 2.05) is 18.2 Å². The molecule has 21 heavy (non-hydrogen) atoms. The molecule has 0 fully saturated rings. The summed E-state index contributed by atoms with van der Waals surface area (Å²) in [7, 11) is 0. The number of rotatable bonds is 4. The van der Waals surface area contributed by atoms with Crippen LogP contribution < -0.4 is 5.32 Å². The van der Waals surface area contributed by atoms with Crippen LogP contribution in [-0.2, 0) is 0 Å². The van der Waals surface area contributed by atoms with E-state index in [1.165, 1.54) is 6.20 Å². The first kappa shape index (κ1) is 13.3. The predicted molar refractivity (Wildman–Crippen MR) is 76.7 cm³/mol. The molecule has 3 rings (SSSR count). The van der Waals surface area contributed by atoms with Crippen molar-refractivity contribution in [1.82, 2.24) is 19.7 Å². The number of carbonyl (C=O) groups excluding carboxylic acids is 1. The quantitative estimate of drug-likeness (QED) is 0.753. The van der Waals surface area contributed by atoms with Gasteiger partial charge in [0.15, 0.2) is 0 Å². The van der Waals surface area contributed by atoms with Gasteiger partial charge in [-0.15, -0.1) is 0 Å². The maximum absolute atomic E-state index is 12.2. The van der Waals surface area contributed by atoms with Crippen molar-refractivity contribution in [2.45, 2.75) is 6.10 Å². The molecular weight excluding hydrogens is 268 g/mol. The number of nitrogens with one attached hydrogen (secondary N) is 1. The molecule has 1 atom stereocenters. The van der Waals surface area contributed by atoms with E-state index in [1.54, 1.807) is 35.1 Å². The van der Waals surface area contributed by atoms with Crippen LogP contribution in [0.5, 0.6) is 0 Å². The maximum Gasteiger partial charge on any atom is 0.270 e. The zero-order valence-electron chi connectivity index (χ0n) is 11.2. The molecule has 2 N–H and O–H groups in total. The largest absolute Gasteiger partial charge is 0.387 e. The highest BCUT2D eigenvalue weighted by atomic mass is 16.3. The molecule has 6 heteroatoms. The molecule has 106 valence electrons. The molecule has 3 heterocycles. The summed E-state index contributed by atoms with van der Waals surface area (Å²) < 4.78 is 1.70. The molecule has 0 radical (unpaired) electrons. The summed E-state index contributed by atoms with van der Waals surface area (Å²) in [5, 5.41) is 12.7. The smallest absolute Gasteiger partial charge is 0.270 e. The Bertz CT molecular complexity index is 754. The molecule has 0 aliphatic rings. The zero-order chi connectivity index (χ0) is 14.7. The zero-order valence-corrected chi connectivity index (χ0v) is 11.2. The lowest BCUT2D eigenvalue weighted by Gasteiger charge is -2.11. The van der Waals surface area contributed by atoms with Gasteiger partial charge in [0, 0.05) is 25.1 Å². The van der Waals surface area contributed by atoms with Gasteiger partial charge in [-0.25, -0.2) is 4.98 Å². The van der Waals surface area contributed by atoms with Crippen molar-refractivity contribution in [2.24, 2.45) is 0 Å². The fourth-order valence-corrected chi connectivity index (χ4v) is 2.08. The van der Waals surface area contributed by atoms with Gasteiger partial charge >= 0.3 is 0 Å². The monoisotopic (exact) mass is 282 g/mol. The Morgan fingerprint density at radius 1 is 1.29 bits per heavy atom. The van der Waals surface area contributed by atoms with Crippen LogP contribution in [0.2, 0.25) is 0 Å². The topological polar surface area (TPSA) is 79.5 Å². The van der Waals surface area contributed by atoms with Gasteiger partial charge in [-0.2, -0.15) is 0 Å². The summed E-state index contributed by atoms with van der Waals surface area (Å²) in [5.41, 5.74) is 1.85. The molecule has 6 nitrogen and oxygen atoms in total. The van der Waals surface area contributed by atoms with Crippen LogP contribution in [0.4, 0.5) is 0 Å². The van der Waals surface area contributed by atoms with E-state index in [4.69, 9.17) is 0 Å². The van der Waals surface area contributed by atoms with Gasteiger partial charge in [-0.1, -0.05) is 6.07 Å². The van der Waals surface area contributed by atoms with E-state index in [0.717, 1.165) is 0 Å². The summed E-state index contributed by atoms with van der Waals surface area (Å²) >= 11 is 0. The van der Waals surface area contributed by atoms with Crippen molar-refractivity contribution in [1.29, 1.82) is 0 Å². The molecule has 1 amide bonds. The number of aliphatic hydroxyl groups is 1. The highest BCUT2D eigenvalue weighted by molar-refractivity contribution is 5.93. The third kappa shape index (κ3) is 2.75. The second-order valence-electron chi connectivity index (χ2n) is 4.58. The van der Waals surface area contributed by atoms with Crippen molar-refractivity contribution < 1.29 is 9.90 Å². The number of aromatic nitrogens is 3. The third-order valence-electron chi connectivity index (χ3n) is 3.20. The summed E-state index contributed by atoms with van der Waals surface area (Å²) in [6.07, 6.45) is 5.73. The highest BCUT2D eigenvalue weighted by Crippen LogP contribution is 2.10. The number of hydrogen-bond acceptors (Lipinski definition) is 4. The van der Waals surface area contributed by atoms with Crippen LogP contribution in [0.3, 0.4) is 0 Å². The number of fused-ring (bicyclic) bond motifs is 1. The molecule has 0 bridgehead atoms. The van der Waals surface area contributed by atoms with E-state index < -0.39 is 6.10 Å². The van der Waals surface area contributed by atoms with Gasteiger partial charge in [0.25, 0.3) is 5.91 Å². The first-order chi connectivity index (χ1) is 10.3. The second kappa shape index (κ2) is 5.72. The van der Waals surface area contributed by atoms with Gasteiger partial charge in [0.2, 0.25) is 0 Å². The number of nitrogens with zero attached hydrogens (tertiary/aromatic N) is 3. The highest BCUT2D eigenvalue weighted by Gasteiger charge is 2.14. The summed E-state index contributed by atoms with van der Waals surface area (Å²) in [4.78, 5) is 20.2. The van der Waals surface area contributed by atoms with Crippen LogP contribution >= 0.6 is 0 Å². The minimum Gasteiger partial charge on any atom is -0.387 e. The van der Waals surface area contributed by atoms with Gasteiger partial charge in [-0.05, 0) is 29.8 Å². The van der Waals surface area contributed by atoms with E-state index in [0.29, 0.717) is 16.9 Å². The Morgan fingerprint density at radius 2 is 2.10 bits per heavy atom. The lowest BCUT2D eigenvalue weighted by atomic mass is 10.1. The molecule has 3 aromatic rings. The Kier molecular flexibility index (Phi) is 3.61. The first-order valence-corrected chi connectivity index (χ1v) is 6.54. The molecule has 0 aliphatic carbocycles. The van der Waals surface area contributed by atoms with Crippen LogP contribution in [0.1, 0.15) is 22.2 Å². The number of amides is 1. The van der Waals surface area contributed by atoms with Crippen molar-refractivity contribution in [2.75, 3.05) is 6.54 Å². The number of imidazole rings is 1. The minimum absolute atomic E-state index is 0.128. The number of hydrogen-bond donors (Lipinski definition) is 2. The Balaban J connectivity index is 1.70. The van der Waals surface area contributed by atoms with E-state index >= 15 is 0 Å². The van der Waals surface area contributed by atoms with Crippen molar-refractivity contribution in [3.8, 4) is 0 Å². The fraction of sp³-hybridized carbons (Fsp3) is 0.133. The second-order valence-corrected chi connectivity index (χ2v) is 4.58. The molecule has 1 unspecified atom stereocenters. The molecule has 0 aliphatic heterocycles. The van der Waals surface area contributed by atoms with Crippen molar-refractivity contribution >= 4 is 11.6 Å². The number of aliphatic hydroxyl groups excluding tert-OH is 1. The van der Waals surface area contributed by atoms with Crippen LogP contribution in [0.15, 0.2) is 55.1 Å².